The third-order valence-electron chi connectivity index (χ3n) is 10.5. The highest BCUT2D eigenvalue weighted by Gasteiger charge is 2.23. The minimum Gasteiger partial charge on any atom is -0.208 e. The maximum Gasteiger partial charge on any atom is 0.165 e. The van der Waals surface area contributed by atoms with Crippen LogP contribution in [0.15, 0.2) is 188 Å². The van der Waals surface area contributed by atoms with Crippen LogP contribution in [-0.4, -0.2) is 15.0 Å². The Kier molecular flexibility index (Phi) is 8.23. The maximum atomic E-state index is 5.51. The Morgan fingerprint density at radius 3 is 1.38 bits per heavy atom. The molecule has 0 amide bonds. The standard InChI is InChI=1S/C52H35N3/c1-5-17-35(18-6-1)36-29-31-40(32-30-36)50-53-51(48-41-24-12-4-9-21-38(41)33-34-42(48)37-19-7-2-8-20-37)55-52(54-50)49-45-27-15-13-25-43(45)47(39-22-10-3-11-23-39)44-26-14-16-28-46(44)49/h1-3,5-34H,4H2. The van der Waals surface area contributed by atoms with Crippen molar-refractivity contribution in [2.75, 3.05) is 0 Å². The number of fused-ring (bicyclic) bond motifs is 3. The summed E-state index contributed by atoms with van der Waals surface area (Å²) in [5, 5.41) is 4.51. The molecule has 10 rings (SSSR count). The molecule has 0 spiro atoms. The van der Waals surface area contributed by atoms with Crippen molar-refractivity contribution in [1.29, 1.82) is 0 Å². The van der Waals surface area contributed by atoms with Gasteiger partial charge in [0.15, 0.2) is 17.5 Å². The fraction of sp³-hybridized carbons (Fsp3) is 0.0192. The Hall–Kier alpha value is -7.23. The van der Waals surface area contributed by atoms with Crippen LogP contribution in [-0.2, 0) is 0 Å². The molecule has 0 fully saturated rings. The summed E-state index contributed by atoms with van der Waals surface area (Å²) in [4.78, 5) is 16.3. The molecule has 1 aliphatic rings. The predicted octanol–water partition coefficient (Wildman–Crippen LogP) is 13.6. The smallest absolute Gasteiger partial charge is 0.165 e. The van der Waals surface area contributed by atoms with Gasteiger partial charge in [-0.2, -0.15) is 0 Å². The summed E-state index contributed by atoms with van der Waals surface area (Å²) in [6.45, 7) is 0. The normalized spacial score (nSPS) is 12.1. The lowest BCUT2D eigenvalue weighted by Crippen LogP contribution is -2.04. The largest absolute Gasteiger partial charge is 0.208 e. The minimum absolute atomic E-state index is 0.629. The molecular weight excluding hydrogens is 667 g/mol. The minimum atomic E-state index is 0.629. The highest BCUT2D eigenvalue weighted by molar-refractivity contribution is 6.20. The van der Waals surface area contributed by atoms with Gasteiger partial charge in [0.1, 0.15) is 0 Å². The Bertz CT molecular complexity index is 2850. The third-order valence-corrected chi connectivity index (χ3v) is 10.5. The average Bonchev–Trinajstić information content (AvgIpc) is 3.52. The zero-order chi connectivity index (χ0) is 36.6. The lowest BCUT2D eigenvalue weighted by Gasteiger charge is -2.19. The molecule has 3 heteroatoms. The van der Waals surface area contributed by atoms with Crippen molar-refractivity contribution in [3.63, 3.8) is 0 Å². The first-order valence-electron chi connectivity index (χ1n) is 18.8. The van der Waals surface area contributed by atoms with Gasteiger partial charge < -0.3 is 0 Å². The highest BCUT2D eigenvalue weighted by atomic mass is 15.0. The topological polar surface area (TPSA) is 38.7 Å². The van der Waals surface area contributed by atoms with E-state index in [0.717, 1.165) is 72.5 Å². The maximum absolute atomic E-state index is 5.51. The van der Waals surface area contributed by atoms with Gasteiger partial charge in [-0.3, -0.25) is 0 Å². The summed E-state index contributed by atoms with van der Waals surface area (Å²) in [6.07, 6.45) is 9.73. The number of aromatic nitrogens is 3. The van der Waals surface area contributed by atoms with Gasteiger partial charge >= 0.3 is 0 Å². The van der Waals surface area contributed by atoms with Gasteiger partial charge in [-0.05, 0) is 72.5 Å². The van der Waals surface area contributed by atoms with Gasteiger partial charge in [0, 0.05) is 16.7 Å². The molecule has 8 aromatic carbocycles. The zero-order valence-electron chi connectivity index (χ0n) is 30.1. The zero-order valence-corrected chi connectivity index (χ0v) is 30.1. The molecule has 0 N–H and O–H groups in total. The molecule has 258 valence electrons. The molecule has 3 nitrogen and oxygen atoms in total. The van der Waals surface area contributed by atoms with Crippen LogP contribution >= 0.6 is 0 Å². The lowest BCUT2D eigenvalue weighted by molar-refractivity contribution is 1.08. The first-order valence-corrected chi connectivity index (χ1v) is 18.8. The van der Waals surface area contributed by atoms with Crippen molar-refractivity contribution < 1.29 is 0 Å². The van der Waals surface area contributed by atoms with Crippen LogP contribution in [0.3, 0.4) is 0 Å². The molecule has 0 unspecified atom stereocenters. The van der Waals surface area contributed by atoms with Crippen LogP contribution in [0.25, 0.3) is 101 Å². The lowest BCUT2D eigenvalue weighted by atomic mass is 9.88. The second kappa shape index (κ2) is 14.0. The Balaban J connectivity index is 1.29. The monoisotopic (exact) mass is 701 g/mol. The Morgan fingerprint density at radius 2 is 0.764 bits per heavy atom. The quantitative estimate of drug-likeness (QED) is 0.162. The predicted molar refractivity (Wildman–Crippen MR) is 230 cm³/mol. The Labute approximate surface area is 320 Å². The van der Waals surface area contributed by atoms with Crippen LogP contribution in [0.1, 0.15) is 17.5 Å². The van der Waals surface area contributed by atoms with Crippen molar-refractivity contribution in [2.24, 2.45) is 0 Å². The van der Waals surface area contributed by atoms with Crippen molar-refractivity contribution in [2.45, 2.75) is 6.42 Å². The van der Waals surface area contributed by atoms with Crippen molar-refractivity contribution in [3.05, 3.63) is 199 Å². The number of hydrogen-bond donors (Lipinski definition) is 0. The molecule has 0 aliphatic heterocycles. The fourth-order valence-corrected chi connectivity index (χ4v) is 7.98. The molecule has 0 saturated carbocycles. The molecule has 0 radical (unpaired) electrons. The average molecular weight is 702 g/mol. The molecule has 9 aromatic rings. The van der Waals surface area contributed by atoms with Crippen molar-refractivity contribution >= 4 is 33.7 Å². The number of nitrogens with zero attached hydrogens (tertiary/aromatic N) is 3. The first-order chi connectivity index (χ1) is 27.3. The van der Waals surface area contributed by atoms with E-state index < -0.39 is 0 Å². The number of rotatable bonds is 6. The van der Waals surface area contributed by atoms with Gasteiger partial charge in [0.05, 0.1) is 0 Å². The van der Waals surface area contributed by atoms with E-state index in [0.29, 0.717) is 17.5 Å². The number of allylic oxidation sites excluding steroid dienone is 2. The molecule has 1 aromatic heterocycles. The van der Waals surface area contributed by atoms with Gasteiger partial charge in [-0.15, -0.1) is 0 Å². The molecule has 1 heterocycles. The van der Waals surface area contributed by atoms with E-state index in [-0.39, 0.29) is 0 Å². The molecule has 55 heavy (non-hydrogen) atoms. The van der Waals surface area contributed by atoms with Crippen molar-refractivity contribution in [1.82, 2.24) is 15.0 Å². The van der Waals surface area contributed by atoms with Crippen LogP contribution in [0, 0.1) is 0 Å². The second-order valence-electron chi connectivity index (χ2n) is 13.9. The van der Waals surface area contributed by atoms with E-state index in [9.17, 15) is 0 Å². The van der Waals surface area contributed by atoms with Gasteiger partial charge in [-0.1, -0.05) is 200 Å². The van der Waals surface area contributed by atoms with Crippen LogP contribution in [0.2, 0.25) is 0 Å². The number of benzene rings is 8. The molecule has 0 atom stereocenters. The summed E-state index contributed by atoms with van der Waals surface area (Å²) < 4.78 is 0. The highest BCUT2D eigenvalue weighted by Crippen LogP contribution is 2.44. The summed E-state index contributed by atoms with van der Waals surface area (Å²) in [5.74, 6) is 1.91. The fourth-order valence-electron chi connectivity index (χ4n) is 7.98. The molecule has 1 aliphatic carbocycles. The van der Waals surface area contributed by atoms with Gasteiger partial charge in [-0.25, -0.2) is 15.0 Å². The van der Waals surface area contributed by atoms with E-state index >= 15 is 0 Å². The summed E-state index contributed by atoms with van der Waals surface area (Å²) in [6, 6.07) is 62.0. The van der Waals surface area contributed by atoms with Gasteiger partial charge in [0.2, 0.25) is 0 Å². The van der Waals surface area contributed by atoms with Gasteiger partial charge in [0.25, 0.3) is 0 Å². The van der Waals surface area contributed by atoms with E-state index in [1.165, 1.54) is 16.7 Å². The molecule has 0 saturated heterocycles. The van der Waals surface area contributed by atoms with Crippen LogP contribution in [0.5, 0.6) is 0 Å². The van der Waals surface area contributed by atoms with Crippen LogP contribution in [0.4, 0.5) is 0 Å². The van der Waals surface area contributed by atoms with E-state index in [1.807, 2.05) is 6.07 Å². The SMILES string of the molecule is C1=Cc2ccc(-c3ccccc3)c(-c3nc(-c4ccc(-c5ccccc5)cc4)nc(-c4c5ccccc5c(-c5ccccc5)c5ccccc45)n3)c2C=CC1. The second-order valence-corrected chi connectivity index (χ2v) is 13.9. The van der Waals surface area contributed by atoms with Crippen LogP contribution < -0.4 is 0 Å². The molecular formula is C52H35N3. The Morgan fingerprint density at radius 1 is 0.309 bits per heavy atom. The van der Waals surface area contributed by atoms with E-state index in [1.54, 1.807) is 0 Å². The molecule has 0 bridgehead atoms. The van der Waals surface area contributed by atoms with E-state index in [4.69, 9.17) is 15.0 Å². The number of hydrogen-bond acceptors (Lipinski definition) is 3. The summed E-state index contributed by atoms with van der Waals surface area (Å²) in [7, 11) is 0. The first kappa shape index (κ1) is 32.4. The van der Waals surface area contributed by atoms with Crippen molar-refractivity contribution in [3.8, 4) is 67.5 Å². The summed E-state index contributed by atoms with van der Waals surface area (Å²) in [5.41, 5.74) is 12.0. The van der Waals surface area contributed by atoms with E-state index in [2.05, 4.69) is 194 Å². The summed E-state index contributed by atoms with van der Waals surface area (Å²) >= 11 is 0. The third kappa shape index (κ3) is 5.93.